The van der Waals surface area contributed by atoms with Crippen molar-refractivity contribution in [3.63, 3.8) is 0 Å². The van der Waals surface area contributed by atoms with Gasteiger partial charge in [0.15, 0.2) is 5.82 Å². The highest BCUT2D eigenvalue weighted by molar-refractivity contribution is 5.93. The molecular formula is C16H21N5O4. The lowest BCUT2D eigenvalue weighted by molar-refractivity contribution is 0.0610. The number of hydrogen-bond acceptors (Lipinski definition) is 7. The summed E-state index contributed by atoms with van der Waals surface area (Å²) in [7, 11) is 1.56. The summed E-state index contributed by atoms with van der Waals surface area (Å²) >= 11 is 0. The molecule has 9 heteroatoms. The number of hydrogen-bond donors (Lipinski definition) is 2. The van der Waals surface area contributed by atoms with Crippen molar-refractivity contribution in [2.75, 3.05) is 31.8 Å². The number of aromatic nitrogens is 2. The Bertz CT molecular complexity index is 742. The second kappa shape index (κ2) is 6.74. The molecule has 1 saturated heterocycles. The number of H-pyrrole nitrogens is 1. The predicted molar refractivity (Wildman–Crippen MR) is 87.4 cm³/mol. The third kappa shape index (κ3) is 2.63. The number of nitrogens with zero attached hydrogens (tertiary/aromatic N) is 3. The van der Waals surface area contributed by atoms with Gasteiger partial charge in [0, 0.05) is 20.3 Å². The molecule has 2 aliphatic heterocycles. The number of nitriles is 1. The van der Waals surface area contributed by atoms with Crippen LogP contribution in [0.25, 0.3) is 0 Å². The summed E-state index contributed by atoms with van der Waals surface area (Å²) < 4.78 is 15.7. The summed E-state index contributed by atoms with van der Waals surface area (Å²) in [6.07, 6.45) is 0.496. The Labute approximate surface area is 145 Å². The van der Waals surface area contributed by atoms with Crippen molar-refractivity contribution in [3.8, 4) is 6.07 Å². The zero-order valence-corrected chi connectivity index (χ0v) is 14.3. The molecule has 0 atom stereocenters. The van der Waals surface area contributed by atoms with Gasteiger partial charge in [0.2, 0.25) is 0 Å². The number of anilines is 1. The number of methoxy groups -OCH3 is 1. The van der Waals surface area contributed by atoms with Crippen molar-refractivity contribution in [2.24, 2.45) is 5.73 Å². The minimum atomic E-state index is -0.661. The van der Waals surface area contributed by atoms with Crippen LogP contribution in [-0.2, 0) is 26.2 Å². The Balaban J connectivity index is 2.20. The normalized spacial score (nSPS) is 18.8. The van der Waals surface area contributed by atoms with Gasteiger partial charge in [-0.1, -0.05) is 0 Å². The van der Waals surface area contributed by atoms with Crippen LogP contribution in [0, 0.1) is 11.3 Å². The number of carbonyl (C=O) groups is 1. The Morgan fingerprint density at radius 2 is 2.24 bits per heavy atom. The van der Waals surface area contributed by atoms with Crippen LogP contribution in [0.4, 0.5) is 10.6 Å². The largest absolute Gasteiger partial charge is 0.449 e. The topological polar surface area (TPSA) is 126 Å². The van der Waals surface area contributed by atoms with Crippen LogP contribution in [0.2, 0.25) is 0 Å². The fourth-order valence-electron chi connectivity index (χ4n) is 3.47. The first-order valence-corrected chi connectivity index (χ1v) is 8.12. The SMILES string of the molecule is CCOC(=O)N1C(N)=C(C#N)C2(CCOCC2)c2[nH]c(COC)nc21. The van der Waals surface area contributed by atoms with Crippen molar-refractivity contribution >= 4 is 11.9 Å². The number of nitrogens with two attached hydrogens (primary N) is 1. The van der Waals surface area contributed by atoms with E-state index in [0.29, 0.717) is 49.0 Å². The first-order chi connectivity index (χ1) is 12.1. The molecule has 1 aromatic rings. The summed E-state index contributed by atoms with van der Waals surface area (Å²) in [5.74, 6) is 0.981. The van der Waals surface area contributed by atoms with Gasteiger partial charge in [0.25, 0.3) is 0 Å². The molecule has 1 spiro atoms. The van der Waals surface area contributed by atoms with E-state index in [1.54, 1.807) is 14.0 Å². The molecular weight excluding hydrogens is 326 g/mol. The van der Waals surface area contributed by atoms with E-state index >= 15 is 0 Å². The van der Waals surface area contributed by atoms with E-state index in [9.17, 15) is 10.1 Å². The van der Waals surface area contributed by atoms with E-state index in [0.717, 1.165) is 4.90 Å². The maximum Gasteiger partial charge on any atom is 0.421 e. The smallest absolute Gasteiger partial charge is 0.421 e. The number of allylic oxidation sites excluding steroid dienone is 1. The van der Waals surface area contributed by atoms with Gasteiger partial charge in [0.05, 0.1) is 29.4 Å². The van der Waals surface area contributed by atoms with Gasteiger partial charge >= 0.3 is 6.09 Å². The number of rotatable bonds is 3. The lowest BCUT2D eigenvalue weighted by Gasteiger charge is -2.41. The van der Waals surface area contributed by atoms with Crippen molar-refractivity contribution in [1.82, 2.24) is 9.97 Å². The molecule has 3 heterocycles. The van der Waals surface area contributed by atoms with Gasteiger partial charge in [-0.3, -0.25) is 0 Å². The summed E-state index contributed by atoms with van der Waals surface area (Å²) in [6.45, 7) is 3.13. The van der Waals surface area contributed by atoms with Crippen LogP contribution in [0.1, 0.15) is 31.3 Å². The maximum absolute atomic E-state index is 12.4. The highest BCUT2D eigenvalue weighted by atomic mass is 16.6. The lowest BCUT2D eigenvalue weighted by Crippen LogP contribution is -2.47. The van der Waals surface area contributed by atoms with E-state index < -0.39 is 11.5 Å². The number of imidazole rings is 1. The maximum atomic E-state index is 12.4. The van der Waals surface area contributed by atoms with E-state index in [2.05, 4.69) is 16.0 Å². The first-order valence-electron chi connectivity index (χ1n) is 8.12. The fraction of sp³-hybridized carbons (Fsp3) is 0.562. The predicted octanol–water partition coefficient (Wildman–Crippen LogP) is 1.27. The number of carbonyl (C=O) groups excluding carboxylic acids is 1. The standard InChI is InChI=1S/C16H21N5O4/c1-3-25-15(22)21-13(18)10(8-17)16(4-6-24-7-5-16)12-14(21)20-11(19-12)9-23-2/h3-7,9,18H2,1-2H3,(H,19,20). The fourth-order valence-corrected chi connectivity index (χ4v) is 3.47. The Morgan fingerprint density at radius 1 is 1.52 bits per heavy atom. The Morgan fingerprint density at radius 3 is 2.84 bits per heavy atom. The second-order valence-corrected chi connectivity index (χ2v) is 5.92. The van der Waals surface area contributed by atoms with Crippen molar-refractivity contribution in [1.29, 1.82) is 5.26 Å². The van der Waals surface area contributed by atoms with Gasteiger partial charge in [-0.2, -0.15) is 5.26 Å². The molecule has 1 fully saturated rings. The van der Waals surface area contributed by atoms with Gasteiger partial charge in [-0.25, -0.2) is 14.7 Å². The van der Waals surface area contributed by atoms with Gasteiger partial charge in [-0.05, 0) is 19.8 Å². The quantitative estimate of drug-likeness (QED) is 0.843. The number of amides is 1. The van der Waals surface area contributed by atoms with Gasteiger partial charge in [-0.15, -0.1) is 0 Å². The zero-order chi connectivity index (χ0) is 18.0. The average Bonchev–Trinajstić information content (AvgIpc) is 3.01. The molecule has 0 bridgehead atoms. The van der Waals surface area contributed by atoms with Crippen LogP contribution < -0.4 is 10.6 Å². The molecule has 9 nitrogen and oxygen atoms in total. The number of ether oxygens (including phenoxy) is 3. The molecule has 25 heavy (non-hydrogen) atoms. The summed E-state index contributed by atoms with van der Waals surface area (Å²) in [4.78, 5) is 21.3. The number of nitrogens with one attached hydrogen (secondary N) is 1. The number of fused-ring (bicyclic) bond motifs is 2. The summed E-state index contributed by atoms with van der Waals surface area (Å²) in [5.41, 5.74) is 6.60. The average molecular weight is 347 g/mol. The molecule has 2 aliphatic rings. The van der Waals surface area contributed by atoms with Crippen LogP contribution in [0.15, 0.2) is 11.4 Å². The minimum absolute atomic E-state index is 0.0609. The van der Waals surface area contributed by atoms with Crippen LogP contribution in [0.3, 0.4) is 0 Å². The highest BCUT2D eigenvalue weighted by Gasteiger charge is 2.50. The van der Waals surface area contributed by atoms with Crippen molar-refractivity contribution < 1.29 is 19.0 Å². The third-order valence-corrected chi connectivity index (χ3v) is 4.59. The molecule has 0 aromatic carbocycles. The molecule has 0 saturated carbocycles. The second-order valence-electron chi connectivity index (χ2n) is 5.92. The molecule has 3 rings (SSSR count). The molecule has 1 amide bonds. The monoisotopic (exact) mass is 347 g/mol. The van der Waals surface area contributed by atoms with E-state index in [1.165, 1.54) is 0 Å². The molecule has 3 N–H and O–H groups in total. The van der Waals surface area contributed by atoms with E-state index in [-0.39, 0.29) is 19.0 Å². The van der Waals surface area contributed by atoms with Crippen molar-refractivity contribution in [2.45, 2.75) is 31.8 Å². The van der Waals surface area contributed by atoms with Crippen LogP contribution >= 0.6 is 0 Å². The molecule has 0 unspecified atom stereocenters. The third-order valence-electron chi connectivity index (χ3n) is 4.59. The lowest BCUT2D eigenvalue weighted by atomic mass is 9.70. The van der Waals surface area contributed by atoms with E-state index in [4.69, 9.17) is 19.9 Å². The molecule has 0 aliphatic carbocycles. The van der Waals surface area contributed by atoms with Crippen LogP contribution in [-0.4, -0.2) is 43.0 Å². The van der Waals surface area contributed by atoms with E-state index in [1.807, 2.05) is 0 Å². The Kier molecular flexibility index (Phi) is 4.65. The van der Waals surface area contributed by atoms with Crippen molar-refractivity contribution in [3.05, 3.63) is 22.9 Å². The highest BCUT2D eigenvalue weighted by Crippen LogP contribution is 2.48. The molecule has 1 aromatic heterocycles. The first kappa shape index (κ1) is 17.3. The van der Waals surface area contributed by atoms with Crippen LogP contribution in [0.5, 0.6) is 0 Å². The number of aromatic amines is 1. The van der Waals surface area contributed by atoms with Gasteiger partial charge < -0.3 is 24.9 Å². The molecule has 134 valence electrons. The molecule has 0 radical (unpaired) electrons. The Hall–Kier alpha value is -2.57. The summed E-state index contributed by atoms with van der Waals surface area (Å²) in [5, 5.41) is 9.78. The van der Waals surface area contributed by atoms with Gasteiger partial charge in [0.1, 0.15) is 18.3 Å². The minimum Gasteiger partial charge on any atom is -0.449 e. The summed E-state index contributed by atoms with van der Waals surface area (Å²) in [6, 6.07) is 2.19. The zero-order valence-electron chi connectivity index (χ0n) is 14.3.